The Kier molecular flexibility index (Phi) is 2.97. The number of nitrogens with zero attached hydrogens (tertiary/aromatic N) is 3. The molecule has 1 N–H and O–H groups in total. The van der Waals surface area contributed by atoms with Gasteiger partial charge in [0.1, 0.15) is 5.65 Å². The molecule has 0 bridgehead atoms. The van der Waals surface area contributed by atoms with Crippen molar-refractivity contribution in [1.82, 2.24) is 14.4 Å². The first-order valence-electron chi connectivity index (χ1n) is 5.93. The monoisotopic (exact) mass is 273 g/mol. The molecule has 1 atom stereocenters. The normalized spacial score (nSPS) is 12.8. The molecule has 0 aliphatic rings. The summed E-state index contributed by atoms with van der Waals surface area (Å²) in [6, 6.07) is 7.37. The van der Waals surface area contributed by atoms with Crippen molar-refractivity contribution in [2.24, 2.45) is 0 Å². The minimum absolute atomic E-state index is 0.601. The minimum Gasteiger partial charge on any atom is -0.387 e. The van der Waals surface area contributed by atoms with Crippen LogP contribution in [0.3, 0.4) is 0 Å². The van der Waals surface area contributed by atoms with Gasteiger partial charge in [-0.3, -0.25) is 9.38 Å². The van der Waals surface area contributed by atoms with Crippen LogP contribution in [0.15, 0.2) is 42.9 Å². The number of hydrogen-bond acceptors (Lipinski definition) is 3. The lowest BCUT2D eigenvalue weighted by Crippen LogP contribution is -1.99. The van der Waals surface area contributed by atoms with Gasteiger partial charge in [-0.05, 0) is 31.2 Å². The Morgan fingerprint density at radius 2 is 2.16 bits per heavy atom. The molecule has 0 amide bonds. The molecule has 3 rings (SSSR count). The van der Waals surface area contributed by atoms with Gasteiger partial charge in [-0.25, -0.2) is 4.98 Å². The molecule has 3 aromatic rings. The molecule has 0 aromatic carbocycles. The molecule has 0 saturated carbocycles. The molecule has 0 aliphatic carbocycles. The summed E-state index contributed by atoms with van der Waals surface area (Å²) in [5.74, 6) is 0. The zero-order valence-corrected chi connectivity index (χ0v) is 11.0. The number of aliphatic hydroxyl groups excluding tert-OH is 1. The molecule has 0 aliphatic heterocycles. The van der Waals surface area contributed by atoms with E-state index < -0.39 is 6.10 Å². The van der Waals surface area contributed by atoms with Gasteiger partial charge in [0.05, 0.1) is 22.5 Å². The lowest BCUT2D eigenvalue weighted by atomic mass is 10.1. The average Bonchev–Trinajstić information content (AvgIpc) is 2.78. The van der Waals surface area contributed by atoms with Crippen LogP contribution in [0.25, 0.3) is 16.9 Å². The highest BCUT2D eigenvalue weighted by molar-refractivity contribution is 6.30. The maximum Gasteiger partial charge on any atom is 0.137 e. The number of pyridine rings is 2. The number of fused-ring (bicyclic) bond motifs is 1. The molecule has 19 heavy (non-hydrogen) atoms. The van der Waals surface area contributed by atoms with Crippen molar-refractivity contribution in [2.45, 2.75) is 13.0 Å². The highest BCUT2D eigenvalue weighted by atomic mass is 35.5. The highest BCUT2D eigenvalue weighted by Gasteiger charge is 2.18. The first kappa shape index (κ1) is 12.1. The van der Waals surface area contributed by atoms with E-state index in [2.05, 4.69) is 9.97 Å². The summed E-state index contributed by atoms with van der Waals surface area (Å²) in [5.41, 5.74) is 3.06. The lowest BCUT2D eigenvalue weighted by molar-refractivity contribution is 0.194. The Morgan fingerprint density at radius 1 is 1.32 bits per heavy atom. The summed E-state index contributed by atoms with van der Waals surface area (Å²) < 4.78 is 1.81. The minimum atomic E-state index is -0.649. The Labute approximate surface area is 115 Å². The van der Waals surface area contributed by atoms with Crippen LogP contribution in [0.1, 0.15) is 18.7 Å². The predicted molar refractivity (Wildman–Crippen MR) is 74.1 cm³/mol. The summed E-state index contributed by atoms with van der Waals surface area (Å²) in [6.07, 6.45) is 4.54. The summed E-state index contributed by atoms with van der Waals surface area (Å²) >= 11 is 6.01. The van der Waals surface area contributed by atoms with Crippen LogP contribution in [-0.4, -0.2) is 19.5 Å². The van der Waals surface area contributed by atoms with Gasteiger partial charge in [-0.2, -0.15) is 0 Å². The smallest absolute Gasteiger partial charge is 0.137 e. The second-order valence-electron chi connectivity index (χ2n) is 4.34. The standard InChI is InChI=1S/C14H12ClN3O/c1-9(19)14-13(10-3-2-6-16-7-10)17-12-5-4-11(15)8-18(12)14/h2-9,19H,1H3. The molecule has 3 aromatic heterocycles. The van der Waals surface area contributed by atoms with E-state index in [1.165, 1.54) is 0 Å². The first-order chi connectivity index (χ1) is 9.16. The van der Waals surface area contributed by atoms with Gasteiger partial charge in [0.2, 0.25) is 0 Å². The molecular weight excluding hydrogens is 262 g/mol. The maximum absolute atomic E-state index is 10.0. The predicted octanol–water partition coefficient (Wildman–Crippen LogP) is 3.10. The van der Waals surface area contributed by atoms with Crippen molar-refractivity contribution in [3.8, 4) is 11.3 Å². The zero-order chi connectivity index (χ0) is 13.4. The molecule has 0 saturated heterocycles. The maximum atomic E-state index is 10.0. The number of aromatic nitrogens is 3. The van der Waals surface area contributed by atoms with Crippen LogP contribution < -0.4 is 0 Å². The summed E-state index contributed by atoms with van der Waals surface area (Å²) in [5, 5.41) is 10.6. The van der Waals surface area contributed by atoms with Crippen molar-refractivity contribution in [1.29, 1.82) is 0 Å². The average molecular weight is 274 g/mol. The van der Waals surface area contributed by atoms with Crippen LogP contribution in [0.5, 0.6) is 0 Å². The number of rotatable bonds is 2. The van der Waals surface area contributed by atoms with Crippen LogP contribution >= 0.6 is 11.6 Å². The Bertz CT molecular complexity index is 722. The Balaban J connectivity index is 2.33. The van der Waals surface area contributed by atoms with Gasteiger partial charge < -0.3 is 5.11 Å². The molecule has 1 unspecified atom stereocenters. The fraction of sp³-hybridized carbons (Fsp3) is 0.143. The van der Waals surface area contributed by atoms with E-state index >= 15 is 0 Å². The second-order valence-corrected chi connectivity index (χ2v) is 4.78. The number of aliphatic hydroxyl groups is 1. The largest absolute Gasteiger partial charge is 0.387 e. The second kappa shape index (κ2) is 4.64. The van der Waals surface area contributed by atoms with E-state index in [4.69, 9.17) is 11.6 Å². The fourth-order valence-corrected chi connectivity index (χ4v) is 2.31. The number of halogens is 1. The fourth-order valence-electron chi connectivity index (χ4n) is 2.15. The number of hydrogen-bond donors (Lipinski definition) is 1. The molecule has 96 valence electrons. The lowest BCUT2D eigenvalue weighted by Gasteiger charge is -2.07. The van der Waals surface area contributed by atoms with Crippen molar-refractivity contribution in [2.75, 3.05) is 0 Å². The van der Waals surface area contributed by atoms with Crippen molar-refractivity contribution in [3.05, 3.63) is 53.6 Å². The SMILES string of the molecule is CC(O)c1c(-c2cccnc2)nc2ccc(Cl)cn12. The highest BCUT2D eigenvalue weighted by Crippen LogP contribution is 2.29. The van der Waals surface area contributed by atoms with Gasteiger partial charge in [-0.1, -0.05) is 11.6 Å². The van der Waals surface area contributed by atoms with E-state index in [9.17, 15) is 5.11 Å². The number of imidazole rings is 1. The third-order valence-electron chi connectivity index (χ3n) is 2.95. The zero-order valence-electron chi connectivity index (χ0n) is 10.3. The van der Waals surface area contributed by atoms with Gasteiger partial charge in [0.25, 0.3) is 0 Å². The van der Waals surface area contributed by atoms with Crippen molar-refractivity contribution in [3.63, 3.8) is 0 Å². The molecule has 0 fully saturated rings. The van der Waals surface area contributed by atoms with Gasteiger partial charge >= 0.3 is 0 Å². The summed E-state index contributed by atoms with van der Waals surface area (Å²) in [4.78, 5) is 8.64. The molecule has 0 radical (unpaired) electrons. The Hall–Kier alpha value is -1.91. The van der Waals surface area contributed by atoms with Gasteiger partial charge in [0, 0.05) is 24.2 Å². The van der Waals surface area contributed by atoms with Gasteiger partial charge in [-0.15, -0.1) is 0 Å². The quantitative estimate of drug-likeness (QED) is 0.780. The van der Waals surface area contributed by atoms with E-state index in [0.29, 0.717) is 10.7 Å². The van der Waals surface area contributed by atoms with Crippen LogP contribution in [0.4, 0.5) is 0 Å². The van der Waals surface area contributed by atoms with Crippen LogP contribution in [-0.2, 0) is 0 Å². The first-order valence-corrected chi connectivity index (χ1v) is 6.30. The van der Waals surface area contributed by atoms with E-state index in [1.54, 1.807) is 31.6 Å². The molecule has 0 spiro atoms. The molecule has 5 heteroatoms. The van der Waals surface area contributed by atoms with E-state index in [-0.39, 0.29) is 0 Å². The third-order valence-corrected chi connectivity index (χ3v) is 3.17. The van der Waals surface area contributed by atoms with Crippen molar-refractivity contribution >= 4 is 17.2 Å². The third kappa shape index (κ3) is 2.09. The van der Waals surface area contributed by atoms with E-state index in [1.807, 2.05) is 22.6 Å². The van der Waals surface area contributed by atoms with Crippen molar-refractivity contribution < 1.29 is 5.11 Å². The summed E-state index contributed by atoms with van der Waals surface area (Å²) in [7, 11) is 0. The molecule has 3 heterocycles. The summed E-state index contributed by atoms with van der Waals surface area (Å²) in [6.45, 7) is 1.71. The van der Waals surface area contributed by atoms with E-state index in [0.717, 1.165) is 16.9 Å². The Morgan fingerprint density at radius 3 is 2.84 bits per heavy atom. The van der Waals surface area contributed by atoms with Crippen LogP contribution in [0.2, 0.25) is 5.02 Å². The topological polar surface area (TPSA) is 50.4 Å². The molecular formula is C14H12ClN3O. The molecule has 4 nitrogen and oxygen atoms in total. The van der Waals surface area contributed by atoms with Gasteiger partial charge in [0.15, 0.2) is 0 Å². The van der Waals surface area contributed by atoms with Crippen LogP contribution in [0, 0.1) is 0 Å².